The van der Waals surface area contributed by atoms with Gasteiger partial charge >= 0.3 is 0 Å². The van der Waals surface area contributed by atoms with Gasteiger partial charge in [0.05, 0.1) is 12.1 Å². The fourth-order valence-corrected chi connectivity index (χ4v) is 2.09. The van der Waals surface area contributed by atoms with Gasteiger partial charge in [0.25, 0.3) is 0 Å². The number of amides is 1. The Labute approximate surface area is 98.0 Å². The molecule has 0 aromatic rings. The second-order valence-electron chi connectivity index (χ2n) is 5.39. The van der Waals surface area contributed by atoms with Crippen LogP contribution in [-0.4, -0.2) is 48.2 Å². The standard InChI is InChI=1S/C12H24N2O2/c1-10(2)8-11(16)13-12(9-15)4-6-14(3)7-5-12/h10,15H,4-9H2,1-3H3,(H,13,16). The van der Waals surface area contributed by atoms with E-state index in [0.29, 0.717) is 12.3 Å². The number of rotatable bonds is 4. The molecule has 94 valence electrons. The van der Waals surface area contributed by atoms with Gasteiger partial charge in [-0.15, -0.1) is 0 Å². The molecule has 0 aromatic carbocycles. The van der Waals surface area contributed by atoms with E-state index in [1.807, 2.05) is 13.8 Å². The molecule has 0 saturated carbocycles. The van der Waals surface area contributed by atoms with Crippen LogP contribution in [0.1, 0.15) is 33.1 Å². The van der Waals surface area contributed by atoms with Crippen LogP contribution in [0.4, 0.5) is 0 Å². The molecule has 1 fully saturated rings. The maximum absolute atomic E-state index is 11.7. The highest BCUT2D eigenvalue weighted by molar-refractivity contribution is 5.77. The third-order valence-electron chi connectivity index (χ3n) is 3.25. The number of likely N-dealkylation sites (tertiary alicyclic amines) is 1. The molecule has 4 heteroatoms. The fraction of sp³-hybridized carbons (Fsp3) is 0.917. The Balaban J connectivity index is 2.50. The van der Waals surface area contributed by atoms with E-state index in [0.717, 1.165) is 25.9 Å². The number of aliphatic hydroxyl groups excluding tert-OH is 1. The van der Waals surface area contributed by atoms with Gasteiger partial charge in [-0.05, 0) is 25.8 Å². The lowest BCUT2D eigenvalue weighted by atomic mass is 9.88. The molecule has 1 amide bonds. The van der Waals surface area contributed by atoms with Crippen LogP contribution < -0.4 is 5.32 Å². The van der Waals surface area contributed by atoms with Gasteiger partial charge in [0.15, 0.2) is 0 Å². The predicted molar refractivity (Wildman–Crippen MR) is 64.1 cm³/mol. The first kappa shape index (κ1) is 13.5. The molecule has 1 saturated heterocycles. The average molecular weight is 228 g/mol. The van der Waals surface area contributed by atoms with E-state index in [9.17, 15) is 9.90 Å². The minimum Gasteiger partial charge on any atom is -0.394 e. The van der Waals surface area contributed by atoms with Crippen molar-refractivity contribution >= 4 is 5.91 Å². The summed E-state index contributed by atoms with van der Waals surface area (Å²) in [5.41, 5.74) is -0.377. The van der Waals surface area contributed by atoms with Crippen molar-refractivity contribution in [3.8, 4) is 0 Å². The molecule has 1 rings (SSSR count). The Morgan fingerprint density at radius 1 is 1.44 bits per heavy atom. The van der Waals surface area contributed by atoms with Crippen molar-refractivity contribution in [2.45, 2.75) is 38.6 Å². The van der Waals surface area contributed by atoms with Crippen molar-refractivity contribution in [3.05, 3.63) is 0 Å². The van der Waals surface area contributed by atoms with Gasteiger partial charge in [-0.25, -0.2) is 0 Å². The van der Waals surface area contributed by atoms with Gasteiger partial charge in [-0.1, -0.05) is 13.8 Å². The van der Waals surface area contributed by atoms with Crippen LogP contribution in [0.5, 0.6) is 0 Å². The summed E-state index contributed by atoms with van der Waals surface area (Å²) in [6.07, 6.45) is 2.21. The minimum atomic E-state index is -0.377. The zero-order valence-electron chi connectivity index (χ0n) is 10.6. The molecule has 1 heterocycles. The van der Waals surface area contributed by atoms with Crippen molar-refractivity contribution in [2.24, 2.45) is 5.92 Å². The summed E-state index contributed by atoms with van der Waals surface area (Å²) in [6, 6.07) is 0. The molecule has 0 radical (unpaired) electrons. The monoisotopic (exact) mass is 228 g/mol. The maximum atomic E-state index is 11.7. The van der Waals surface area contributed by atoms with Crippen molar-refractivity contribution in [3.63, 3.8) is 0 Å². The van der Waals surface area contributed by atoms with Crippen molar-refractivity contribution in [2.75, 3.05) is 26.7 Å². The number of carbonyl (C=O) groups is 1. The lowest BCUT2D eigenvalue weighted by Crippen LogP contribution is -2.57. The second kappa shape index (κ2) is 5.64. The van der Waals surface area contributed by atoms with Crippen LogP contribution in [0, 0.1) is 5.92 Å². The smallest absolute Gasteiger partial charge is 0.220 e. The Hall–Kier alpha value is -0.610. The minimum absolute atomic E-state index is 0.0463. The molecule has 2 N–H and O–H groups in total. The quantitative estimate of drug-likeness (QED) is 0.741. The second-order valence-corrected chi connectivity index (χ2v) is 5.39. The van der Waals surface area contributed by atoms with Crippen LogP contribution >= 0.6 is 0 Å². The highest BCUT2D eigenvalue weighted by Crippen LogP contribution is 2.21. The van der Waals surface area contributed by atoms with Crippen molar-refractivity contribution in [1.82, 2.24) is 10.2 Å². The number of nitrogens with zero attached hydrogens (tertiary/aromatic N) is 1. The van der Waals surface area contributed by atoms with Crippen LogP contribution in [0.2, 0.25) is 0 Å². The van der Waals surface area contributed by atoms with Gasteiger partial charge in [0, 0.05) is 19.5 Å². The molecule has 16 heavy (non-hydrogen) atoms. The number of hydrogen-bond acceptors (Lipinski definition) is 3. The number of aliphatic hydroxyl groups is 1. The summed E-state index contributed by atoms with van der Waals surface area (Å²) >= 11 is 0. The highest BCUT2D eigenvalue weighted by atomic mass is 16.3. The lowest BCUT2D eigenvalue weighted by molar-refractivity contribution is -0.125. The topological polar surface area (TPSA) is 52.6 Å². The van der Waals surface area contributed by atoms with E-state index < -0.39 is 0 Å². The molecule has 0 spiro atoms. The fourth-order valence-electron chi connectivity index (χ4n) is 2.09. The molecule has 0 atom stereocenters. The highest BCUT2D eigenvalue weighted by Gasteiger charge is 2.34. The molecule has 0 bridgehead atoms. The number of hydrogen-bond donors (Lipinski definition) is 2. The molecule has 0 aliphatic carbocycles. The Kier molecular flexibility index (Phi) is 4.74. The molecule has 0 aromatic heterocycles. The first-order valence-corrected chi connectivity index (χ1v) is 6.08. The number of carbonyl (C=O) groups excluding carboxylic acids is 1. The van der Waals surface area contributed by atoms with Gasteiger partial charge in [0.1, 0.15) is 0 Å². The summed E-state index contributed by atoms with van der Waals surface area (Å²) in [4.78, 5) is 14.0. The van der Waals surface area contributed by atoms with Crippen LogP contribution in [0.25, 0.3) is 0 Å². The predicted octanol–water partition coefficient (Wildman–Crippen LogP) is 0.605. The van der Waals surface area contributed by atoms with Crippen LogP contribution in [-0.2, 0) is 4.79 Å². The zero-order chi connectivity index (χ0) is 12.2. The van der Waals surface area contributed by atoms with Crippen molar-refractivity contribution < 1.29 is 9.90 Å². The summed E-state index contributed by atoms with van der Waals surface area (Å²) in [7, 11) is 2.07. The largest absolute Gasteiger partial charge is 0.394 e. The molecular formula is C12H24N2O2. The van der Waals surface area contributed by atoms with Crippen molar-refractivity contribution in [1.29, 1.82) is 0 Å². The van der Waals surface area contributed by atoms with E-state index in [2.05, 4.69) is 17.3 Å². The Morgan fingerprint density at radius 3 is 2.44 bits per heavy atom. The van der Waals surface area contributed by atoms with Crippen LogP contribution in [0.3, 0.4) is 0 Å². The number of nitrogens with one attached hydrogen (secondary N) is 1. The Bertz CT molecular complexity index is 233. The summed E-state index contributed by atoms with van der Waals surface area (Å²) in [6.45, 7) is 5.97. The normalized spacial score (nSPS) is 21.1. The van der Waals surface area contributed by atoms with E-state index in [-0.39, 0.29) is 18.1 Å². The summed E-state index contributed by atoms with van der Waals surface area (Å²) < 4.78 is 0. The average Bonchev–Trinajstić information content (AvgIpc) is 2.21. The molecule has 0 unspecified atom stereocenters. The van der Waals surface area contributed by atoms with Gasteiger partial charge < -0.3 is 15.3 Å². The SMILES string of the molecule is CC(C)CC(=O)NC1(CO)CCN(C)CC1. The molecule has 1 aliphatic heterocycles. The molecular weight excluding hydrogens is 204 g/mol. The van der Waals surface area contributed by atoms with E-state index in [4.69, 9.17) is 0 Å². The van der Waals surface area contributed by atoms with E-state index >= 15 is 0 Å². The molecule has 4 nitrogen and oxygen atoms in total. The third kappa shape index (κ3) is 3.76. The Morgan fingerprint density at radius 2 is 2.00 bits per heavy atom. The van der Waals surface area contributed by atoms with Gasteiger partial charge in [0.2, 0.25) is 5.91 Å². The van der Waals surface area contributed by atoms with Crippen LogP contribution in [0.15, 0.2) is 0 Å². The van der Waals surface area contributed by atoms with E-state index in [1.54, 1.807) is 0 Å². The maximum Gasteiger partial charge on any atom is 0.220 e. The third-order valence-corrected chi connectivity index (χ3v) is 3.25. The first-order valence-electron chi connectivity index (χ1n) is 6.08. The zero-order valence-corrected chi connectivity index (χ0v) is 10.6. The first-order chi connectivity index (χ1) is 7.47. The van der Waals surface area contributed by atoms with Gasteiger partial charge in [-0.3, -0.25) is 4.79 Å². The van der Waals surface area contributed by atoms with Gasteiger partial charge in [-0.2, -0.15) is 0 Å². The summed E-state index contributed by atoms with van der Waals surface area (Å²) in [5, 5.41) is 12.5. The number of piperidine rings is 1. The summed E-state index contributed by atoms with van der Waals surface area (Å²) in [5.74, 6) is 0.426. The molecule has 1 aliphatic rings. The van der Waals surface area contributed by atoms with E-state index in [1.165, 1.54) is 0 Å². The lowest BCUT2D eigenvalue weighted by Gasteiger charge is -2.40.